The topological polar surface area (TPSA) is 95.9 Å². The van der Waals surface area contributed by atoms with Gasteiger partial charge >= 0.3 is 5.97 Å². The fourth-order valence-electron chi connectivity index (χ4n) is 9.49. The molecule has 71 heavy (non-hydrogen) atoms. The molecule has 0 aliphatic heterocycles. The van der Waals surface area contributed by atoms with Gasteiger partial charge in [0.15, 0.2) is 0 Å². The largest absolute Gasteiger partial charge is 0.466 e. The van der Waals surface area contributed by atoms with Gasteiger partial charge in [-0.05, 0) is 83.5 Å². The summed E-state index contributed by atoms with van der Waals surface area (Å²) < 4.78 is 5.46. The highest BCUT2D eigenvalue weighted by molar-refractivity contribution is 5.76. The molecule has 3 N–H and O–H groups in total. The van der Waals surface area contributed by atoms with Gasteiger partial charge < -0.3 is 20.3 Å². The van der Waals surface area contributed by atoms with Crippen molar-refractivity contribution in [2.75, 3.05) is 13.2 Å². The second-order valence-electron chi connectivity index (χ2n) is 21.4. The monoisotopic (exact) mass is 996 g/mol. The van der Waals surface area contributed by atoms with Gasteiger partial charge in [-0.25, -0.2) is 0 Å². The van der Waals surface area contributed by atoms with Gasteiger partial charge in [0.2, 0.25) is 5.91 Å². The summed E-state index contributed by atoms with van der Waals surface area (Å²) in [4.78, 5) is 24.5. The van der Waals surface area contributed by atoms with E-state index in [4.69, 9.17) is 4.74 Å². The maximum Gasteiger partial charge on any atom is 0.305 e. The van der Waals surface area contributed by atoms with E-state index < -0.39 is 12.1 Å². The summed E-state index contributed by atoms with van der Waals surface area (Å²) in [6.45, 7) is 4.84. The molecule has 0 heterocycles. The highest BCUT2D eigenvalue weighted by Gasteiger charge is 2.18. The van der Waals surface area contributed by atoms with Gasteiger partial charge in [-0.1, -0.05) is 281 Å². The van der Waals surface area contributed by atoms with Gasteiger partial charge in [-0.2, -0.15) is 0 Å². The Kier molecular flexibility index (Phi) is 58.5. The lowest BCUT2D eigenvalue weighted by atomic mass is 10.0. The second-order valence-corrected chi connectivity index (χ2v) is 21.4. The predicted molar refractivity (Wildman–Crippen MR) is 310 cm³/mol. The average molecular weight is 997 g/mol. The highest BCUT2D eigenvalue weighted by Crippen LogP contribution is 2.17. The molecule has 6 heteroatoms. The SMILES string of the molecule is CCC/C=C\C/C=C\CCCCCCCC(=O)OCCCCCCCCCCCCC/C=C\CCCCCCCCCC(=O)NC(CO)C(O)/C=C/CCCCCCCCCCCCCCCCCCC. The van der Waals surface area contributed by atoms with Crippen molar-refractivity contribution in [1.29, 1.82) is 0 Å². The van der Waals surface area contributed by atoms with E-state index >= 15 is 0 Å². The van der Waals surface area contributed by atoms with Crippen LogP contribution in [0.25, 0.3) is 0 Å². The van der Waals surface area contributed by atoms with Gasteiger partial charge in [0, 0.05) is 12.8 Å². The third-order valence-electron chi connectivity index (χ3n) is 14.3. The molecule has 0 aromatic rings. The van der Waals surface area contributed by atoms with Crippen molar-refractivity contribution in [3.8, 4) is 0 Å². The molecule has 2 unspecified atom stereocenters. The molecule has 0 spiro atoms. The molecule has 0 aliphatic carbocycles. The van der Waals surface area contributed by atoms with Crippen LogP contribution in [0.3, 0.4) is 0 Å². The predicted octanol–water partition coefficient (Wildman–Crippen LogP) is 19.7. The van der Waals surface area contributed by atoms with E-state index in [9.17, 15) is 19.8 Å². The number of aliphatic hydroxyl groups is 2. The molecule has 0 radical (unpaired) electrons. The van der Waals surface area contributed by atoms with Crippen LogP contribution in [0.2, 0.25) is 0 Å². The quantitative estimate of drug-likeness (QED) is 0.0321. The maximum atomic E-state index is 12.5. The molecule has 0 saturated heterocycles. The molecular weight excluding hydrogens is 875 g/mol. The maximum absolute atomic E-state index is 12.5. The zero-order valence-electron chi connectivity index (χ0n) is 47.5. The third-order valence-corrected chi connectivity index (χ3v) is 14.3. The van der Waals surface area contributed by atoms with Crippen LogP contribution in [0.15, 0.2) is 48.6 Å². The molecule has 6 nitrogen and oxygen atoms in total. The first-order chi connectivity index (χ1) is 35.0. The first kappa shape index (κ1) is 68.8. The summed E-state index contributed by atoms with van der Waals surface area (Å²) in [5, 5.41) is 23.2. The molecule has 0 fully saturated rings. The number of amides is 1. The van der Waals surface area contributed by atoms with Crippen molar-refractivity contribution in [2.24, 2.45) is 0 Å². The van der Waals surface area contributed by atoms with Crippen molar-refractivity contribution in [2.45, 2.75) is 341 Å². The zero-order chi connectivity index (χ0) is 51.4. The number of aliphatic hydroxyl groups excluding tert-OH is 2. The van der Waals surface area contributed by atoms with E-state index in [1.165, 1.54) is 244 Å². The van der Waals surface area contributed by atoms with Crippen molar-refractivity contribution in [3.05, 3.63) is 48.6 Å². The number of carbonyl (C=O) groups is 2. The molecule has 0 aromatic carbocycles. The van der Waals surface area contributed by atoms with Gasteiger partial charge in [-0.15, -0.1) is 0 Å². The number of ether oxygens (including phenoxy) is 1. The molecule has 0 saturated carbocycles. The molecule has 1 amide bonds. The number of hydrogen-bond donors (Lipinski definition) is 3. The van der Waals surface area contributed by atoms with Gasteiger partial charge in [0.1, 0.15) is 0 Å². The Morgan fingerprint density at radius 1 is 0.394 bits per heavy atom. The standard InChI is InChI=1S/C65H121NO5/c1-3-5-7-9-11-13-15-17-18-19-24-27-30-34-37-41-45-49-53-57-63(68)62(61-67)66-64(69)58-54-50-46-42-38-35-31-28-25-22-20-21-23-26-29-32-36-40-44-48-52-56-60-71-65(70)59-55-51-47-43-39-33-16-14-12-10-8-6-4-2/h8,10,14,16,22,25,53,57,62-63,67-68H,3-7,9,11-13,15,17-21,23-24,26-52,54-56,58-61H2,1-2H3,(H,66,69)/b10-8-,16-14-,25-22-,57-53+. The van der Waals surface area contributed by atoms with Crippen molar-refractivity contribution in [3.63, 3.8) is 0 Å². The first-order valence-electron chi connectivity index (χ1n) is 31.4. The lowest BCUT2D eigenvalue weighted by Gasteiger charge is -2.20. The van der Waals surface area contributed by atoms with Crippen LogP contribution < -0.4 is 5.32 Å². The first-order valence-corrected chi connectivity index (χ1v) is 31.4. The van der Waals surface area contributed by atoms with Crippen LogP contribution in [0.5, 0.6) is 0 Å². The summed E-state index contributed by atoms with van der Waals surface area (Å²) >= 11 is 0. The average Bonchev–Trinajstić information content (AvgIpc) is 3.37. The smallest absolute Gasteiger partial charge is 0.305 e. The van der Waals surface area contributed by atoms with Crippen LogP contribution in [0.4, 0.5) is 0 Å². The Hall–Kier alpha value is -2.18. The van der Waals surface area contributed by atoms with Gasteiger partial charge in [0.25, 0.3) is 0 Å². The third kappa shape index (κ3) is 57.0. The fraction of sp³-hybridized carbons (Fsp3) is 0.846. The molecular formula is C65H121NO5. The summed E-state index contributed by atoms with van der Waals surface area (Å²) in [5.74, 6) is -0.0797. The Morgan fingerprint density at radius 3 is 1.14 bits per heavy atom. The van der Waals surface area contributed by atoms with Crippen LogP contribution in [0, 0.1) is 0 Å². The Balaban J connectivity index is 3.46. The van der Waals surface area contributed by atoms with Gasteiger partial charge in [0.05, 0.1) is 25.4 Å². The van der Waals surface area contributed by atoms with Crippen molar-refractivity contribution >= 4 is 11.9 Å². The minimum atomic E-state index is -0.850. The second kappa shape index (κ2) is 60.4. The minimum Gasteiger partial charge on any atom is -0.466 e. The molecule has 2 atom stereocenters. The number of allylic oxidation sites excluding steroid dienone is 7. The van der Waals surface area contributed by atoms with Crippen molar-refractivity contribution < 1.29 is 24.5 Å². The summed E-state index contributed by atoms with van der Waals surface area (Å²) in [6.07, 6.45) is 77.2. The summed E-state index contributed by atoms with van der Waals surface area (Å²) in [5.41, 5.74) is 0. The number of rotatable bonds is 58. The van der Waals surface area contributed by atoms with E-state index in [2.05, 4.69) is 55.6 Å². The number of unbranched alkanes of at least 4 members (excludes halogenated alkanes) is 41. The molecule has 416 valence electrons. The fourth-order valence-corrected chi connectivity index (χ4v) is 9.49. The van der Waals surface area contributed by atoms with E-state index in [1.807, 2.05) is 6.08 Å². The normalized spacial score (nSPS) is 12.9. The van der Waals surface area contributed by atoms with Crippen LogP contribution in [-0.2, 0) is 14.3 Å². The number of carbonyl (C=O) groups excluding carboxylic acids is 2. The summed E-state index contributed by atoms with van der Waals surface area (Å²) in [7, 11) is 0. The Morgan fingerprint density at radius 2 is 0.732 bits per heavy atom. The molecule has 0 rings (SSSR count). The van der Waals surface area contributed by atoms with Gasteiger partial charge in [-0.3, -0.25) is 9.59 Å². The van der Waals surface area contributed by atoms with Crippen LogP contribution >= 0.6 is 0 Å². The molecule has 0 aromatic heterocycles. The highest BCUT2D eigenvalue weighted by atomic mass is 16.5. The van der Waals surface area contributed by atoms with Crippen LogP contribution in [-0.4, -0.2) is 47.4 Å². The summed E-state index contributed by atoms with van der Waals surface area (Å²) in [6, 6.07) is -0.634. The lowest BCUT2D eigenvalue weighted by Crippen LogP contribution is -2.45. The lowest BCUT2D eigenvalue weighted by molar-refractivity contribution is -0.143. The van der Waals surface area contributed by atoms with E-state index in [-0.39, 0.29) is 18.5 Å². The Bertz CT molecular complexity index is 1190. The van der Waals surface area contributed by atoms with E-state index in [0.717, 1.165) is 57.8 Å². The van der Waals surface area contributed by atoms with Crippen molar-refractivity contribution in [1.82, 2.24) is 5.32 Å². The van der Waals surface area contributed by atoms with E-state index in [0.29, 0.717) is 19.4 Å². The molecule has 0 aliphatic rings. The van der Waals surface area contributed by atoms with E-state index in [1.54, 1.807) is 6.08 Å². The van der Waals surface area contributed by atoms with Crippen LogP contribution in [0.1, 0.15) is 328 Å². The Labute approximate surface area is 442 Å². The number of nitrogens with one attached hydrogen (secondary N) is 1. The molecule has 0 bridgehead atoms. The number of esters is 1. The number of hydrogen-bond acceptors (Lipinski definition) is 5. The minimum absolute atomic E-state index is 0.00622. The zero-order valence-corrected chi connectivity index (χ0v) is 47.5.